The van der Waals surface area contributed by atoms with Gasteiger partial charge in [0, 0.05) is 6.54 Å². The number of hydrogen-bond donors (Lipinski definition) is 3. The van der Waals surface area contributed by atoms with Crippen molar-refractivity contribution < 1.29 is 0 Å². The molecule has 0 radical (unpaired) electrons. The van der Waals surface area contributed by atoms with E-state index in [1.54, 1.807) is 0 Å². The van der Waals surface area contributed by atoms with Gasteiger partial charge in [-0.05, 0) is 30.8 Å². The number of hydrogen-bond acceptors (Lipinski definition) is 4. The maximum absolute atomic E-state index is 6.22. The minimum absolute atomic E-state index is 0.134. The van der Waals surface area contributed by atoms with Gasteiger partial charge in [-0.25, -0.2) is 5.43 Å². The first-order chi connectivity index (χ1) is 8.77. The first-order valence-electron chi connectivity index (χ1n) is 5.68. The minimum atomic E-state index is 0.134. The first kappa shape index (κ1) is 11.9. The van der Waals surface area contributed by atoms with Crippen LogP contribution in [-0.2, 0) is 0 Å². The van der Waals surface area contributed by atoms with Gasteiger partial charge >= 0.3 is 0 Å². The fraction of sp³-hybridized carbons (Fsp3) is 0.273. The molecule has 1 saturated heterocycles. The highest BCUT2D eigenvalue weighted by Crippen LogP contribution is 2.25. The number of hydrazine groups is 1. The lowest BCUT2D eigenvalue weighted by Crippen LogP contribution is -2.26. The van der Waals surface area contributed by atoms with Gasteiger partial charge in [0.1, 0.15) is 0 Å². The monoisotopic (exact) mass is 281 g/mol. The number of benzene rings is 1. The molecule has 2 aromatic rings. The van der Waals surface area contributed by atoms with Gasteiger partial charge in [-0.3, -0.25) is 15.1 Å². The molecule has 94 valence electrons. The number of halogens is 1. The molecule has 1 aliphatic heterocycles. The van der Waals surface area contributed by atoms with Crippen LogP contribution in [0.4, 0.5) is 0 Å². The molecule has 0 bridgehead atoms. The topological polar surface area (TPSA) is 57.7 Å². The molecule has 1 aromatic heterocycles. The van der Waals surface area contributed by atoms with E-state index in [0.29, 0.717) is 9.79 Å². The molecule has 1 aliphatic rings. The van der Waals surface area contributed by atoms with Crippen molar-refractivity contribution in [2.75, 3.05) is 6.54 Å². The lowest BCUT2D eigenvalue weighted by molar-refractivity contribution is 0.545. The van der Waals surface area contributed by atoms with Crippen LogP contribution >= 0.6 is 23.8 Å². The Balaban J connectivity index is 2.14. The van der Waals surface area contributed by atoms with Crippen molar-refractivity contribution in [2.24, 2.45) is 0 Å². The Hall–Kier alpha value is -1.21. The van der Waals surface area contributed by atoms with Crippen LogP contribution < -0.4 is 10.9 Å². The second kappa shape index (κ2) is 4.81. The molecule has 1 atom stereocenters. The van der Waals surface area contributed by atoms with Crippen LogP contribution in [0.3, 0.4) is 0 Å². The zero-order chi connectivity index (χ0) is 12.5. The van der Waals surface area contributed by atoms with E-state index in [-0.39, 0.29) is 6.04 Å². The van der Waals surface area contributed by atoms with E-state index in [2.05, 4.69) is 21.0 Å². The number of para-hydroxylation sites is 1. The molecule has 0 amide bonds. The molecule has 5 nitrogen and oxygen atoms in total. The summed E-state index contributed by atoms with van der Waals surface area (Å²) in [6.07, 6.45) is 0.962. The maximum atomic E-state index is 6.22. The van der Waals surface area contributed by atoms with E-state index in [1.165, 1.54) is 0 Å². The largest absolute Gasteiger partial charge is 0.269 e. The Morgan fingerprint density at radius 2 is 2.22 bits per heavy atom. The molecule has 1 aromatic carbocycles. The molecular formula is C11H12ClN5S. The zero-order valence-corrected chi connectivity index (χ0v) is 11.1. The number of aromatic nitrogens is 3. The summed E-state index contributed by atoms with van der Waals surface area (Å²) >= 11 is 11.5. The Labute approximate surface area is 114 Å². The highest BCUT2D eigenvalue weighted by atomic mass is 35.5. The third kappa shape index (κ3) is 1.97. The van der Waals surface area contributed by atoms with Crippen LogP contribution in [0.15, 0.2) is 24.3 Å². The normalized spacial score (nSPS) is 19.3. The molecule has 1 fully saturated rings. The summed E-state index contributed by atoms with van der Waals surface area (Å²) < 4.78 is 2.43. The van der Waals surface area contributed by atoms with Crippen molar-refractivity contribution in [1.29, 1.82) is 0 Å². The molecule has 18 heavy (non-hydrogen) atoms. The number of H-pyrrole nitrogens is 1. The second-order valence-electron chi connectivity index (χ2n) is 4.09. The van der Waals surface area contributed by atoms with Crippen molar-refractivity contribution in [3.8, 4) is 5.69 Å². The van der Waals surface area contributed by atoms with Crippen molar-refractivity contribution in [3.63, 3.8) is 0 Å². The second-order valence-corrected chi connectivity index (χ2v) is 4.88. The van der Waals surface area contributed by atoms with E-state index in [4.69, 9.17) is 23.8 Å². The van der Waals surface area contributed by atoms with E-state index in [0.717, 1.165) is 24.5 Å². The minimum Gasteiger partial charge on any atom is -0.269 e. The van der Waals surface area contributed by atoms with Crippen molar-refractivity contribution >= 4 is 23.8 Å². The standard InChI is InChI=1S/C11H12ClN5S/c12-7-3-1-2-4-9(7)17-10(15-16-11(17)18)8-5-6-13-14-8/h1-4,8,13-14H,5-6H2,(H,16,18). The number of nitrogens with zero attached hydrogens (tertiary/aromatic N) is 2. The van der Waals surface area contributed by atoms with Crippen LogP contribution in [0.1, 0.15) is 18.3 Å². The molecule has 3 N–H and O–H groups in total. The van der Waals surface area contributed by atoms with Crippen LogP contribution in [0.5, 0.6) is 0 Å². The van der Waals surface area contributed by atoms with E-state index in [1.807, 2.05) is 28.8 Å². The Morgan fingerprint density at radius 3 is 2.94 bits per heavy atom. The predicted molar refractivity (Wildman–Crippen MR) is 72.3 cm³/mol. The van der Waals surface area contributed by atoms with Gasteiger partial charge in [0.25, 0.3) is 0 Å². The lowest BCUT2D eigenvalue weighted by atomic mass is 10.2. The van der Waals surface area contributed by atoms with Gasteiger partial charge in [-0.2, -0.15) is 5.10 Å². The van der Waals surface area contributed by atoms with Gasteiger partial charge in [-0.1, -0.05) is 23.7 Å². The van der Waals surface area contributed by atoms with Gasteiger partial charge in [0.05, 0.1) is 16.8 Å². The molecule has 1 unspecified atom stereocenters. The predicted octanol–water partition coefficient (Wildman–Crippen LogP) is 2.12. The Bertz CT molecular complexity index is 614. The van der Waals surface area contributed by atoms with Crippen molar-refractivity contribution in [2.45, 2.75) is 12.5 Å². The number of rotatable bonds is 2. The van der Waals surface area contributed by atoms with Crippen LogP contribution in [0.2, 0.25) is 5.02 Å². The third-order valence-corrected chi connectivity index (χ3v) is 3.53. The first-order valence-corrected chi connectivity index (χ1v) is 6.46. The highest BCUT2D eigenvalue weighted by Gasteiger charge is 2.23. The van der Waals surface area contributed by atoms with Gasteiger partial charge in [0.2, 0.25) is 0 Å². The fourth-order valence-corrected chi connectivity index (χ4v) is 2.54. The molecule has 0 spiro atoms. The molecule has 7 heteroatoms. The Morgan fingerprint density at radius 1 is 1.39 bits per heavy atom. The zero-order valence-electron chi connectivity index (χ0n) is 9.48. The van der Waals surface area contributed by atoms with Gasteiger partial charge in [0.15, 0.2) is 10.6 Å². The van der Waals surface area contributed by atoms with E-state index in [9.17, 15) is 0 Å². The summed E-state index contributed by atoms with van der Waals surface area (Å²) in [4.78, 5) is 0. The quantitative estimate of drug-likeness (QED) is 0.738. The summed E-state index contributed by atoms with van der Waals surface area (Å²) in [6.45, 7) is 0.910. The number of nitrogens with one attached hydrogen (secondary N) is 3. The molecular weight excluding hydrogens is 270 g/mol. The van der Waals surface area contributed by atoms with E-state index < -0.39 is 0 Å². The summed E-state index contributed by atoms with van der Waals surface area (Å²) in [5.74, 6) is 0.845. The van der Waals surface area contributed by atoms with E-state index >= 15 is 0 Å². The van der Waals surface area contributed by atoms with Crippen LogP contribution in [0, 0.1) is 4.77 Å². The molecule has 3 rings (SSSR count). The SMILES string of the molecule is S=c1[nH]nc(C2CCNN2)n1-c1ccccc1Cl. The van der Waals surface area contributed by atoms with Gasteiger partial charge in [-0.15, -0.1) is 0 Å². The Kier molecular flexibility index (Phi) is 3.17. The molecule has 0 aliphatic carbocycles. The van der Waals surface area contributed by atoms with Crippen molar-refractivity contribution in [3.05, 3.63) is 39.9 Å². The molecule has 0 saturated carbocycles. The third-order valence-electron chi connectivity index (χ3n) is 2.94. The summed E-state index contributed by atoms with van der Waals surface area (Å²) in [6, 6.07) is 7.73. The maximum Gasteiger partial charge on any atom is 0.199 e. The van der Waals surface area contributed by atoms with Gasteiger partial charge < -0.3 is 0 Å². The summed E-state index contributed by atoms with van der Waals surface area (Å²) in [7, 11) is 0. The van der Waals surface area contributed by atoms with Crippen LogP contribution in [-0.4, -0.2) is 21.3 Å². The highest BCUT2D eigenvalue weighted by molar-refractivity contribution is 7.71. The average Bonchev–Trinajstić information content (AvgIpc) is 2.99. The fourth-order valence-electron chi connectivity index (χ4n) is 2.09. The smallest absolute Gasteiger partial charge is 0.199 e. The summed E-state index contributed by atoms with van der Waals surface area (Å²) in [5.41, 5.74) is 7.11. The number of aromatic amines is 1. The van der Waals surface area contributed by atoms with Crippen molar-refractivity contribution in [1.82, 2.24) is 25.6 Å². The average molecular weight is 282 g/mol. The lowest BCUT2D eigenvalue weighted by Gasteiger charge is -2.12. The molecule has 2 heterocycles. The summed E-state index contributed by atoms with van der Waals surface area (Å²) in [5, 5.41) is 7.78. The van der Waals surface area contributed by atoms with Crippen LogP contribution in [0.25, 0.3) is 5.69 Å².